The standard InChI is InChI=1S/C29H38N6O8S4/c1-19(44-9)30-42-27(38)34(7)46-32(5)25(36)40-23-15-11-21(12-16-23)29(3,4)22-13-17-24(18-14-22)41-26(37)33(6)47-35(8)28(39)43-31-20(2)45-10/h11-18H,1-10H3. The van der Waals surface area contributed by atoms with E-state index in [1.165, 1.54) is 51.7 Å². The molecule has 0 N–H and O–H groups in total. The molecule has 0 atom stereocenters. The predicted octanol–water partition coefficient (Wildman–Crippen LogP) is 7.53. The maximum Gasteiger partial charge on any atom is 0.447 e. The highest BCUT2D eigenvalue weighted by atomic mass is 32.2. The van der Waals surface area contributed by atoms with Gasteiger partial charge in [-0.2, -0.15) is 0 Å². The van der Waals surface area contributed by atoms with Gasteiger partial charge in [0.05, 0.1) is 24.3 Å². The number of carbonyl (C=O) groups excluding carboxylic acids is 4. The van der Waals surface area contributed by atoms with Crippen molar-refractivity contribution in [1.29, 1.82) is 0 Å². The van der Waals surface area contributed by atoms with E-state index >= 15 is 0 Å². The number of nitrogens with zero attached hydrogens (tertiary/aromatic N) is 6. The Balaban J connectivity index is 1.95. The molecule has 47 heavy (non-hydrogen) atoms. The molecule has 2 rings (SSSR count). The molecule has 0 aliphatic rings. The molecule has 4 amide bonds. The Morgan fingerprint density at radius 1 is 0.574 bits per heavy atom. The van der Waals surface area contributed by atoms with Gasteiger partial charge in [-0.1, -0.05) is 48.4 Å². The lowest BCUT2D eigenvalue weighted by molar-refractivity contribution is 0.135. The number of rotatable bonds is 10. The fraction of sp³-hybridized carbons (Fsp3) is 0.379. The molecule has 2 aromatic rings. The first kappa shape index (κ1) is 39.4. The van der Waals surface area contributed by atoms with Gasteiger partial charge in [0.1, 0.15) is 21.6 Å². The maximum atomic E-state index is 12.6. The number of benzene rings is 2. The SMILES string of the molecule is CSC(C)=NOC(=O)N(C)SN(C)C(=O)Oc1ccc(C(C)(C)c2ccc(OC(=O)N(C)SN(C)C(=O)ON=C(C)SC)cc2)cc1. The van der Waals surface area contributed by atoms with Crippen LogP contribution in [0.3, 0.4) is 0 Å². The quantitative estimate of drug-likeness (QED) is 0.0785. The second-order valence-electron chi connectivity index (χ2n) is 9.91. The zero-order valence-electron chi connectivity index (χ0n) is 27.7. The minimum Gasteiger partial charge on any atom is -0.410 e. The topological polar surface area (TPSA) is 143 Å². The van der Waals surface area contributed by atoms with Gasteiger partial charge in [-0.25, -0.2) is 36.4 Å². The van der Waals surface area contributed by atoms with Crippen molar-refractivity contribution in [1.82, 2.24) is 17.2 Å². The second kappa shape index (κ2) is 18.6. The van der Waals surface area contributed by atoms with Gasteiger partial charge in [0.25, 0.3) is 0 Å². The van der Waals surface area contributed by atoms with E-state index in [-0.39, 0.29) is 0 Å². The van der Waals surface area contributed by atoms with E-state index in [4.69, 9.17) is 19.1 Å². The number of amides is 4. The highest BCUT2D eigenvalue weighted by Crippen LogP contribution is 2.34. The van der Waals surface area contributed by atoms with Crippen molar-refractivity contribution in [3.63, 3.8) is 0 Å². The van der Waals surface area contributed by atoms with Crippen molar-refractivity contribution in [3.8, 4) is 11.5 Å². The first-order valence-electron chi connectivity index (χ1n) is 13.6. The van der Waals surface area contributed by atoms with E-state index in [2.05, 4.69) is 10.3 Å². The van der Waals surface area contributed by atoms with Crippen molar-refractivity contribution in [2.75, 3.05) is 40.7 Å². The average molecular weight is 727 g/mol. The molecule has 0 saturated carbocycles. The van der Waals surface area contributed by atoms with Gasteiger partial charge >= 0.3 is 24.4 Å². The first-order chi connectivity index (χ1) is 22.1. The van der Waals surface area contributed by atoms with Gasteiger partial charge in [-0.05, 0) is 61.8 Å². The lowest BCUT2D eigenvalue weighted by Gasteiger charge is -2.26. The number of carbonyl (C=O) groups is 4. The molecule has 0 aliphatic carbocycles. The number of hydrogen-bond acceptors (Lipinski definition) is 14. The lowest BCUT2D eigenvalue weighted by atomic mass is 9.78. The molecule has 0 aliphatic heterocycles. The van der Waals surface area contributed by atoms with Crippen LogP contribution in [0.4, 0.5) is 19.2 Å². The van der Waals surface area contributed by atoms with Crippen LogP contribution in [0.5, 0.6) is 11.5 Å². The van der Waals surface area contributed by atoms with Crippen LogP contribution in [0, 0.1) is 0 Å². The highest BCUT2D eigenvalue weighted by Gasteiger charge is 2.25. The molecule has 14 nitrogen and oxygen atoms in total. The Bertz CT molecular complexity index is 1350. The Hall–Kier alpha value is -3.74. The van der Waals surface area contributed by atoms with Crippen LogP contribution in [0.2, 0.25) is 0 Å². The smallest absolute Gasteiger partial charge is 0.410 e. The normalized spacial score (nSPS) is 11.7. The summed E-state index contributed by atoms with van der Waals surface area (Å²) in [5.74, 6) is 0.636. The fourth-order valence-electron chi connectivity index (χ4n) is 3.27. The van der Waals surface area contributed by atoms with Gasteiger partial charge in [0.2, 0.25) is 0 Å². The molecule has 2 aromatic carbocycles. The number of ether oxygens (including phenoxy) is 2. The first-order valence-corrected chi connectivity index (χ1v) is 17.5. The highest BCUT2D eigenvalue weighted by molar-refractivity contribution is 8.13. The Morgan fingerprint density at radius 3 is 1.17 bits per heavy atom. The molecular weight excluding hydrogens is 689 g/mol. The predicted molar refractivity (Wildman–Crippen MR) is 190 cm³/mol. The third-order valence-electron chi connectivity index (χ3n) is 6.18. The fourth-order valence-corrected chi connectivity index (χ4v) is 4.64. The lowest BCUT2D eigenvalue weighted by Crippen LogP contribution is -2.30. The van der Waals surface area contributed by atoms with Crippen LogP contribution >= 0.6 is 47.8 Å². The van der Waals surface area contributed by atoms with Gasteiger partial charge < -0.3 is 9.47 Å². The summed E-state index contributed by atoms with van der Waals surface area (Å²) in [5.41, 5.74) is 1.43. The molecule has 0 aromatic heterocycles. The molecule has 0 bridgehead atoms. The molecule has 18 heteroatoms. The average Bonchev–Trinajstić information content (AvgIpc) is 3.05. The number of thioether (sulfide) groups is 2. The van der Waals surface area contributed by atoms with Crippen molar-refractivity contribution in [2.45, 2.75) is 33.1 Å². The van der Waals surface area contributed by atoms with Crippen LogP contribution < -0.4 is 9.47 Å². The Labute approximate surface area is 292 Å². The second-order valence-corrected chi connectivity index (χ2v) is 14.4. The molecule has 0 fully saturated rings. The number of oxime groups is 2. The van der Waals surface area contributed by atoms with Gasteiger partial charge in [-0.3, -0.25) is 9.68 Å². The third-order valence-corrected chi connectivity index (χ3v) is 9.08. The summed E-state index contributed by atoms with van der Waals surface area (Å²) >= 11 is 4.26. The van der Waals surface area contributed by atoms with Crippen molar-refractivity contribution < 1.29 is 38.3 Å². The van der Waals surface area contributed by atoms with E-state index in [0.717, 1.165) is 52.6 Å². The van der Waals surface area contributed by atoms with E-state index in [1.54, 1.807) is 50.6 Å². The summed E-state index contributed by atoms with van der Waals surface area (Å²) in [4.78, 5) is 58.9. The van der Waals surface area contributed by atoms with Crippen molar-refractivity contribution >= 4 is 82.3 Å². The number of hydrogen-bond donors (Lipinski definition) is 0. The van der Waals surface area contributed by atoms with E-state index in [1.807, 2.05) is 38.1 Å². The largest absolute Gasteiger partial charge is 0.447 e. The zero-order valence-corrected chi connectivity index (χ0v) is 31.0. The van der Waals surface area contributed by atoms with E-state index in [0.29, 0.717) is 21.6 Å². The monoisotopic (exact) mass is 726 g/mol. The van der Waals surface area contributed by atoms with E-state index in [9.17, 15) is 19.2 Å². The molecule has 0 heterocycles. The molecule has 0 radical (unpaired) electrons. The van der Waals surface area contributed by atoms with Crippen LogP contribution in [-0.2, 0) is 15.1 Å². The Kier molecular flexibility index (Phi) is 15.6. The summed E-state index contributed by atoms with van der Waals surface area (Å²) in [6, 6.07) is 14.1. The summed E-state index contributed by atoms with van der Waals surface area (Å²) < 4.78 is 15.4. The van der Waals surface area contributed by atoms with Crippen molar-refractivity contribution in [2.24, 2.45) is 10.3 Å². The molecule has 0 saturated heterocycles. The maximum absolute atomic E-state index is 12.6. The van der Waals surface area contributed by atoms with Crippen LogP contribution in [0.15, 0.2) is 58.8 Å². The minimum atomic E-state index is -0.748. The van der Waals surface area contributed by atoms with Crippen LogP contribution in [-0.4, -0.2) is 92.4 Å². The van der Waals surface area contributed by atoms with Crippen LogP contribution in [0.25, 0.3) is 0 Å². The van der Waals surface area contributed by atoms with Crippen LogP contribution in [0.1, 0.15) is 38.8 Å². The van der Waals surface area contributed by atoms with E-state index < -0.39 is 29.8 Å². The molecule has 256 valence electrons. The summed E-state index contributed by atoms with van der Waals surface area (Å²) in [5, 5.41) is 8.51. The molecule has 0 unspecified atom stereocenters. The summed E-state index contributed by atoms with van der Waals surface area (Å²) in [6.45, 7) is 7.46. The zero-order chi connectivity index (χ0) is 35.3. The van der Waals surface area contributed by atoms with Crippen molar-refractivity contribution in [3.05, 3.63) is 59.7 Å². The van der Waals surface area contributed by atoms with Gasteiger partial charge in [0.15, 0.2) is 0 Å². The summed E-state index contributed by atoms with van der Waals surface area (Å²) in [7, 11) is 5.80. The molecular formula is C29H38N6O8S4. The Morgan fingerprint density at radius 2 is 0.872 bits per heavy atom. The minimum absolute atomic E-state index is 0.318. The third kappa shape index (κ3) is 12.4. The summed E-state index contributed by atoms with van der Waals surface area (Å²) in [6.07, 6.45) is 0.725. The van der Waals surface area contributed by atoms with Gasteiger partial charge in [0, 0.05) is 33.6 Å². The molecule has 0 spiro atoms. The van der Waals surface area contributed by atoms with Gasteiger partial charge in [-0.15, -0.1) is 23.5 Å².